The van der Waals surface area contributed by atoms with Gasteiger partial charge in [-0.3, -0.25) is 0 Å². The summed E-state index contributed by atoms with van der Waals surface area (Å²) >= 11 is 0. The average Bonchev–Trinajstić information content (AvgIpc) is 3.76. The fourth-order valence-corrected chi connectivity index (χ4v) is 4.63. The van der Waals surface area contributed by atoms with Gasteiger partial charge in [0.05, 0.1) is 22.8 Å². The molecule has 5 heterocycles. The zero-order valence-electron chi connectivity index (χ0n) is 22.0. The van der Waals surface area contributed by atoms with Crippen LogP contribution in [-0.2, 0) is 31.4 Å². The van der Waals surface area contributed by atoms with Crippen molar-refractivity contribution in [3.63, 3.8) is 0 Å². The summed E-state index contributed by atoms with van der Waals surface area (Å²) in [5, 5.41) is 0. The molecule has 2 aliphatic heterocycles. The van der Waals surface area contributed by atoms with Gasteiger partial charge in [0.15, 0.2) is 0 Å². The first-order valence-corrected chi connectivity index (χ1v) is 13.1. The number of para-hydroxylation sites is 1. The van der Waals surface area contributed by atoms with E-state index >= 15 is 0 Å². The van der Waals surface area contributed by atoms with Gasteiger partial charge >= 0.3 is 0 Å². The number of benzene rings is 2. The van der Waals surface area contributed by atoms with E-state index in [2.05, 4.69) is 74.5 Å². The molecule has 4 N–H and O–H groups in total. The Morgan fingerprint density at radius 1 is 0.500 bits per heavy atom. The minimum atomic E-state index is 0. The van der Waals surface area contributed by atoms with Crippen molar-refractivity contribution >= 4 is 52.1 Å². The minimum absolute atomic E-state index is 0. The van der Waals surface area contributed by atoms with Crippen LogP contribution in [0.15, 0.2) is 103 Å². The molecule has 5 aromatic rings. The van der Waals surface area contributed by atoms with Crippen molar-refractivity contribution in [2.75, 3.05) is 5.73 Å². The smallest absolute Gasteiger partial charge is 0.0658 e. The number of aromatic amines is 2. The van der Waals surface area contributed by atoms with Crippen LogP contribution in [0, 0.1) is 0 Å². The maximum absolute atomic E-state index is 5.88. The van der Waals surface area contributed by atoms with Gasteiger partial charge in [-0.2, -0.15) is 0 Å². The molecule has 0 spiro atoms. The number of nitrogens with two attached hydrogens (primary N) is 1. The van der Waals surface area contributed by atoms with Crippen molar-refractivity contribution in [1.29, 1.82) is 0 Å². The second-order valence-corrected chi connectivity index (χ2v) is 9.59. The van der Waals surface area contributed by atoms with E-state index in [1.54, 1.807) is 0 Å². The van der Waals surface area contributed by atoms with Gasteiger partial charge in [-0.15, -0.1) is 0 Å². The van der Waals surface area contributed by atoms with E-state index in [4.69, 9.17) is 5.73 Å². The van der Waals surface area contributed by atoms with Crippen molar-refractivity contribution in [3.8, 4) is 0 Å². The molecule has 8 bridgehead atoms. The topological polar surface area (TPSA) is 83.4 Å². The van der Waals surface area contributed by atoms with Gasteiger partial charge in [0.25, 0.3) is 0 Å². The monoisotopic (exact) mass is 558 g/mol. The number of hydrogen-bond donors (Lipinski definition) is 3. The Morgan fingerprint density at radius 2 is 0.925 bits per heavy atom. The van der Waals surface area contributed by atoms with Crippen LogP contribution in [0.1, 0.15) is 33.9 Å². The average molecular weight is 559 g/mol. The van der Waals surface area contributed by atoms with E-state index in [0.717, 1.165) is 63.4 Å². The van der Waals surface area contributed by atoms with Crippen LogP contribution in [0.3, 0.4) is 0 Å². The molecule has 7 rings (SSSR count). The Hall–Kier alpha value is -4.58. The largest absolute Gasteiger partial charge is 0.399 e. The summed E-state index contributed by atoms with van der Waals surface area (Å²) in [5.41, 5.74) is 17.2. The first-order valence-electron chi connectivity index (χ1n) is 13.1. The fraction of sp³-hybridized carbons (Fsp3) is 0.0588. The first kappa shape index (κ1) is 27.0. The number of anilines is 1. The predicted molar refractivity (Wildman–Crippen MR) is 164 cm³/mol. The van der Waals surface area contributed by atoms with E-state index in [9.17, 15) is 0 Å². The van der Waals surface area contributed by atoms with Crippen LogP contribution < -0.4 is 5.73 Å². The summed E-state index contributed by atoms with van der Waals surface area (Å²) in [5.74, 6) is 0. The number of nitrogens with one attached hydrogen (secondary N) is 2. The predicted octanol–water partition coefficient (Wildman–Crippen LogP) is 7.71. The molecule has 2 aliphatic rings. The van der Waals surface area contributed by atoms with E-state index in [-0.39, 0.29) is 18.6 Å². The fourth-order valence-electron chi connectivity index (χ4n) is 4.63. The summed E-state index contributed by atoms with van der Waals surface area (Å²) in [6.07, 6.45) is 10.2. The molecule has 0 saturated carbocycles. The van der Waals surface area contributed by atoms with Gasteiger partial charge in [-0.05, 0) is 103 Å². The molecule has 0 aliphatic carbocycles. The molecule has 0 atom stereocenters. The van der Waals surface area contributed by atoms with Crippen LogP contribution in [0.25, 0.3) is 46.4 Å². The normalized spacial score (nSPS) is 11.4. The second kappa shape index (κ2) is 12.5. The van der Waals surface area contributed by atoms with E-state index < -0.39 is 0 Å². The van der Waals surface area contributed by atoms with Gasteiger partial charge in [0.2, 0.25) is 0 Å². The van der Waals surface area contributed by atoms with Crippen molar-refractivity contribution in [1.82, 2.24) is 19.9 Å². The number of nitrogens with zero attached hydrogens (tertiary/aromatic N) is 2. The Balaban J connectivity index is 0.000000175. The number of rotatable bonds is 3. The quantitative estimate of drug-likeness (QED) is 0.194. The maximum Gasteiger partial charge on any atom is 0.0658 e. The Morgan fingerprint density at radius 3 is 1.38 bits per heavy atom. The zero-order valence-corrected chi connectivity index (χ0v) is 23.4. The van der Waals surface area contributed by atoms with Crippen LogP contribution in [-0.4, -0.2) is 19.9 Å². The Bertz CT molecular complexity index is 1660. The summed E-state index contributed by atoms with van der Waals surface area (Å²) in [7, 11) is 0. The molecule has 5 nitrogen and oxygen atoms in total. The molecule has 40 heavy (non-hydrogen) atoms. The summed E-state index contributed by atoms with van der Waals surface area (Å²) in [6, 6.07) is 34.9. The summed E-state index contributed by atoms with van der Waals surface area (Å²) < 4.78 is 0. The SMILES string of the molecule is C1=Cc2cc3ccc(cc4nc(cc5ccc(cc1n2)[nH]5)C=C4)[nH]3.Nc1ccccc1CCc1ccccc1.[V]. The molecule has 195 valence electrons. The molecule has 2 aromatic carbocycles. The van der Waals surface area contributed by atoms with Crippen LogP contribution in [0.5, 0.6) is 0 Å². The third kappa shape index (κ3) is 6.89. The number of nitrogen functional groups attached to an aromatic ring is 1. The molecular weight excluding hydrogens is 529 g/mol. The first-order chi connectivity index (χ1) is 19.2. The third-order valence-electron chi connectivity index (χ3n) is 6.62. The molecule has 3 aromatic heterocycles. The molecule has 0 saturated heterocycles. The van der Waals surface area contributed by atoms with E-state index in [1.807, 2.05) is 72.8 Å². The van der Waals surface area contributed by atoms with Crippen LogP contribution >= 0.6 is 0 Å². The van der Waals surface area contributed by atoms with Gasteiger partial charge in [-0.25, -0.2) is 9.97 Å². The van der Waals surface area contributed by atoms with Gasteiger partial charge in [0, 0.05) is 46.3 Å². The number of fused-ring (bicyclic) bond motifs is 8. The standard InChI is InChI=1S/C20H14N4.C14H15N.V/c1-2-14-10-16-5-6-18(23-16)12-20-8-7-19(24-20)11-17-4-3-15(22-17)9-13(1)21-14;15-14-9-5-4-8-13(14)11-10-12-6-2-1-3-7-12;/h1-12,21,24H;1-9H,10-11,15H2;. The molecular formula is C34H29N5V. The number of aryl methyl sites for hydroxylation is 2. The Kier molecular flexibility index (Phi) is 8.45. The summed E-state index contributed by atoms with van der Waals surface area (Å²) in [4.78, 5) is 16.0. The zero-order chi connectivity index (χ0) is 26.4. The van der Waals surface area contributed by atoms with Gasteiger partial charge < -0.3 is 15.7 Å². The number of H-pyrrole nitrogens is 2. The molecule has 1 radical (unpaired) electrons. The molecule has 0 amide bonds. The summed E-state index contributed by atoms with van der Waals surface area (Å²) in [6.45, 7) is 0. The van der Waals surface area contributed by atoms with Gasteiger partial charge in [-0.1, -0.05) is 48.5 Å². The third-order valence-corrected chi connectivity index (χ3v) is 6.62. The van der Waals surface area contributed by atoms with Crippen LogP contribution in [0.2, 0.25) is 0 Å². The molecule has 0 unspecified atom stereocenters. The Labute approximate surface area is 245 Å². The van der Waals surface area contributed by atoms with Gasteiger partial charge in [0.1, 0.15) is 0 Å². The maximum atomic E-state index is 5.88. The second-order valence-electron chi connectivity index (χ2n) is 9.59. The number of aromatic nitrogens is 4. The molecule has 6 heteroatoms. The number of hydrogen-bond acceptors (Lipinski definition) is 3. The van der Waals surface area contributed by atoms with Crippen molar-refractivity contribution < 1.29 is 18.6 Å². The van der Waals surface area contributed by atoms with E-state index in [1.165, 1.54) is 11.1 Å². The van der Waals surface area contributed by atoms with Crippen molar-refractivity contribution in [2.45, 2.75) is 12.8 Å². The van der Waals surface area contributed by atoms with Crippen molar-refractivity contribution in [2.24, 2.45) is 0 Å². The molecule has 0 fully saturated rings. The van der Waals surface area contributed by atoms with E-state index in [0.29, 0.717) is 0 Å². The van der Waals surface area contributed by atoms with Crippen LogP contribution in [0.4, 0.5) is 5.69 Å². The minimum Gasteiger partial charge on any atom is -0.399 e. The van der Waals surface area contributed by atoms with Crippen molar-refractivity contribution in [3.05, 3.63) is 137 Å².